The Morgan fingerprint density at radius 3 is 2.60 bits per heavy atom. The van der Waals surface area contributed by atoms with Crippen LogP contribution in [0.1, 0.15) is 37.3 Å². The zero-order chi connectivity index (χ0) is 14.9. The highest BCUT2D eigenvalue weighted by Gasteiger charge is 2.31. The minimum Gasteiger partial charge on any atom is -0.468 e. The lowest BCUT2D eigenvalue weighted by Gasteiger charge is -2.27. The Balaban J connectivity index is 2.30. The highest BCUT2D eigenvalue weighted by molar-refractivity contribution is 7.19. The monoisotopic (exact) mass is 291 g/mol. The first kappa shape index (κ1) is 15.0. The second-order valence-electron chi connectivity index (χ2n) is 5.57. The van der Waals surface area contributed by atoms with Crippen LogP contribution in [0.4, 0.5) is 0 Å². The van der Waals surface area contributed by atoms with Crippen molar-refractivity contribution in [2.75, 3.05) is 7.11 Å². The van der Waals surface area contributed by atoms with E-state index in [1.165, 1.54) is 27.6 Å². The lowest BCUT2D eigenvalue weighted by molar-refractivity contribution is -0.147. The lowest BCUT2D eigenvalue weighted by Crippen LogP contribution is -2.48. The summed E-state index contributed by atoms with van der Waals surface area (Å²) < 4.78 is 6.12. The predicted molar refractivity (Wildman–Crippen MR) is 84.2 cm³/mol. The van der Waals surface area contributed by atoms with Gasteiger partial charge in [0, 0.05) is 15.6 Å². The fourth-order valence-electron chi connectivity index (χ4n) is 2.53. The van der Waals surface area contributed by atoms with E-state index in [-0.39, 0.29) is 12.0 Å². The largest absolute Gasteiger partial charge is 0.468 e. The maximum atomic E-state index is 11.8. The molecule has 4 heteroatoms. The standard InChI is InChI=1S/C16H21NO2S/c1-10-12-8-6-7-9-13(12)20-14(10)11(2)17-16(3,4)15(18)19-5/h6-9,11,17H,1-5H3. The Morgan fingerprint density at radius 2 is 2.00 bits per heavy atom. The predicted octanol–water partition coefficient (Wildman–Crippen LogP) is 3.81. The van der Waals surface area contributed by atoms with Crippen molar-refractivity contribution in [1.29, 1.82) is 0 Å². The molecule has 0 bridgehead atoms. The van der Waals surface area contributed by atoms with Crippen molar-refractivity contribution >= 4 is 27.4 Å². The Morgan fingerprint density at radius 1 is 1.35 bits per heavy atom. The number of benzene rings is 1. The summed E-state index contributed by atoms with van der Waals surface area (Å²) in [4.78, 5) is 13.0. The van der Waals surface area contributed by atoms with Crippen LogP contribution in [0.3, 0.4) is 0 Å². The number of hydrogen-bond donors (Lipinski definition) is 1. The van der Waals surface area contributed by atoms with Gasteiger partial charge in [0.2, 0.25) is 0 Å². The minimum absolute atomic E-state index is 0.0986. The van der Waals surface area contributed by atoms with Crippen molar-refractivity contribution in [2.45, 2.75) is 39.3 Å². The van der Waals surface area contributed by atoms with Gasteiger partial charge in [-0.2, -0.15) is 0 Å². The maximum Gasteiger partial charge on any atom is 0.325 e. The molecule has 1 aromatic heterocycles. The molecule has 108 valence electrons. The van der Waals surface area contributed by atoms with Gasteiger partial charge in [0.25, 0.3) is 0 Å². The van der Waals surface area contributed by atoms with Crippen molar-refractivity contribution < 1.29 is 9.53 Å². The molecular formula is C16H21NO2S. The number of rotatable bonds is 4. The maximum absolute atomic E-state index is 11.8. The minimum atomic E-state index is -0.698. The average molecular weight is 291 g/mol. The number of fused-ring (bicyclic) bond motifs is 1. The first-order chi connectivity index (χ1) is 9.36. The van der Waals surface area contributed by atoms with E-state index in [9.17, 15) is 4.79 Å². The molecule has 0 fully saturated rings. The molecule has 0 saturated heterocycles. The van der Waals surface area contributed by atoms with Gasteiger partial charge in [-0.25, -0.2) is 0 Å². The molecule has 0 radical (unpaired) electrons. The molecule has 1 atom stereocenters. The van der Waals surface area contributed by atoms with Crippen LogP contribution in [0.5, 0.6) is 0 Å². The van der Waals surface area contributed by atoms with Crippen LogP contribution in [0, 0.1) is 6.92 Å². The fourth-order valence-corrected chi connectivity index (χ4v) is 3.74. The number of aryl methyl sites for hydroxylation is 1. The zero-order valence-electron chi connectivity index (χ0n) is 12.6. The molecule has 1 aromatic carbocycles. The SMILES string of the molecule is COC(=O)C(C)(C)NC(C)c1sc2ccccc2c1C. The lowest BCUT2D eigenvalue weighted by atomic mass is 10.0. The number of ether oxygens (including phenoxy) is 1. The molecule has 0 aliphatic heterocycles. The zero-order valence-corrected chi connectivity index (χ0v) is 13.4. The summed E-state index contributed by atoms with van der Waals surface area (Å²) >= 11 is 1.78. The molecule has 1 unspecified atom stereocenters. The third-order valence-electron chi connectivity index (χ3n) is 3.55. The summed E-state index contributed by atoms with van der Waals surface area (Å²) in [5, 5.41) is 4.65. The van der Waals surface area contributed by atoms with E-state index in [0.717, 1.165) is 0 Å². The number of thiophene rings is 1. The molecule has 1 heterocycles. The van der Waals surface area contributed by atoms with E-state index < -0.39 is 5.54 Å². The van der Waals surface area contributed by atoms with Crippen LogP contribution < -0.4 is 5.32 Å². The Labute approximate surface area is 123 Å². The summed E-state index contributed by atoms with van der Waals surface area (Å²) in [6.07, 6.45) is 0. The Kier molecular flexibility index (Phi) is 4.16. The van der Waals surface area contributed by atoms with Gasteiger partial charge in [-0.05, 0) is 44.7 Å². The number of hydrogen-bond acceptors (Lipinski definition) is 4. The van der Waals surface area contributed by atoms with E-state index in [4.69, 9.17) is 4.74 Å². The Hall–Kier alpha value is -1.39. The van der Waals surface area contributed by atoms with Crippen LogP contribution in [-0.2, 0) is 9.53 Å². The summed E-state index contributed by atoms with van der Waals surface area (Å²) in [7, 11) is 1.42. The summed E-state index contributed by atoms with van der Waals surface area (Å²) in [6.45, 7) is 7.91. The quantitative estimate of drug-likeness (QED) is 0.870. The molecule has 1 N–H and O–H groups in total. The van der Waals surface area contributed by atoms with Gasteiger partial charge in [-0.1, -0.05) is 18.2 Å². The Bertz CT molecular complexity index is 630. The number of methoxy groups -OCH3 is 1. The van der Waals surface area contributed by atoms with Crippen LogP contribution in [0.15, 0.2) is 24.3 Å². The van der Waals surface area contributed by atoms with E-state index in [2.05, 4.69) is 43.4 Å². The number of carbonyl (C=O) groups excluding carboxylic acids is 1. The second kappa shape index (κ2) is 5.54. The molecule has 0 aliphatic rings. The van der Waals surface area contributed by atoms with Crippen molar-refractivity contribution in [1.82, 2.24) is 5.32 Å². The van der Waals surface area contributed by atoms with Gasteiger partial charge in [0.15, 0.2) is 0 Å². The van der Waals surface area contributed by atoms with Crippen LogP contribution >= 0.6 is 11.3 Å². The molecule has 0 spiro atoms. The van der Waals surface area contributed by atoms with Gasteiger partial charge in [-0.15, -0.1) is 11.3 Å². The van der Waals surface area contributed by atoms with E-state index in [1.807, 2.05) is 13.8 Å². The number of nitrogens with one attached hydrogen (secondary N) is 1. The van der Waals surface area contributed by atoms with Crippen molar-refractivity contribution in [3.05, 3.63) is 34.7 Å². The van der Waals surface area contributed by atoms with Gasteiger partial charge in [0.05, 0.1) is 7.11 Å². The fraction of sp³-hybridized carbons (Fsp3) is 0.438. The average Bonchev–Trinajstić information content (AvgIpc) is 2.75. The van der Waals surface area contributed by atoms with E-state index in [1.54, 1.807) is 11.3 Å². The van der Waals surface area contributed by atoms with Crippen molar-refractivity contribution in [2.24, 2.45) is 0 Å². The molecule has 2 rings (SSSR count). The van der Waals surface area contributed by atoms with Gasteiger partial charge < -0.3 is 4.74 Å². The molecule has 20 heavy (non-hydrogen) atoms. The van der Waals surface area contributed by atoms with Crippen molar-refractivity contribution in [3.63, 3.8) is 0 Å². The van der Waals surface area contributed by atoms with Gasteiger partial charge in [-0.3, -0.25) is 10.1 Å². The normalized spacial score (nSPS) is 13.4. The molecule has 2 aromatic rings. The molecule has 0 amide bonds. The molecule has 3 nitrogen and oxygen atoms in total. The number of esters is 1. The first-order valence-corrected chi connectivity index (χ1v) is 7.52. The highest BCUT2D eigenvalue weighted by atomic mass is 32.1. The first-order valence-electron chi connectivity index (χ1n) is 6.71. The van der Waals surface area contributed by atoms with Crippen LogP contribution in [-0.4, -0.2) is 18.6 Å². The van der Waals surface area contributed by atoms with Gasteiger partial charge in [0.1, 0.15) is 5.54 Å². The summed E-state index contributed by atoms with van der Waals surface area (Å²) in [5.41, 5.74) is 0.586. The smallest absolute Gasteiger partial charge is 0.325 e. The molecular weight excluding hydrogens is 270 g/mol. The highest BCUT2D eigenvalue weighted by Crippen LogP contribution is 2.35. The molecule has 0 aliphatic carbocycles. The van der Waals surface area contributed by atoms with Crippen LogP contribution in [0.25, 0.3) is 10.1 Å². The third kappa shape index (κ3) is 2.72. The van der Waals surface area contributed by atoms with Gasteiger partial charge >= 0.3 is 5.97 Å². The molecule has 0 saturated carbocycles. The van der Waals surface area contributed by atoms with E-state index >= 15 is 0 Å². The topological polar surface area (TPSA) is 38.3 Å². The van der Waals surface area contributed by atoms with E-state index in [0.29, 0.717) is 0 Å². The van der Waals surface area contributed by atoms with Crippen molar-refractivity contribution in [3.8, 4) is 0 Å². The third-order valence-corrected chi connectivity index (χ3v) is 5.00. The summed E-state index contributed by atoms with van der Waals surface area (Å²) in [5.74, 6) is -0.247. The van der Waals surface area contributed by atoms with Crippen LogP contribution in [0.2, 0.25) is 0 Å². The second-order valence-corrected chi connectivity index (χ2v) is 6.65. The number of carbonyl (C=O) groups is 1. The summed E-state index contributed by atoms with van der Waals surface area (Å²) in [6, 6.07) is 8.49.